The van der Waals surface area contributed by atoms with Crippen molar-refractivity contribution >= 4 is 5.91 Å². The Morgan fingerprint density at radius 1 is 1.44 bits per heavy atom. The highest BCUT2D eigenvalue weighted by Gasteiger charge is 2.26. The van der Waals surface area contributed by atoms with Crippen molar-refractivity contribution in [2.75, 3.05) is 33.4 Å². The van der Waals surface area contributed by atoms with Crippen LogP contribution in [0.25, 0.3) is 0 Å². The first kappa shape index (κ1) is 13.1. The molecule has 1 amide bonds. The Hall–Kier alpha value is -1.39. The topological polar surface area (TPSA) is 41.6 Å². The zero-order valence-corrected chi connectivity index (χ0v) is 10.8. The van der Waals surface area contributed by atoms with Crippen LogP contribution in [0.2, 0.25) is 0 Å². The van der Waals surface area contributed by atoms with Gasteiger partial charge in [0.15, 0.2) is 0 Å². The fourth-order valence-corrected chi connectivity index (χ4v) is 2.36. The average Bonchev–Trinajstić information content (AvgIpc) is 2.65. The van der Waals surface area contributed by atoms with Crippen LogP contribution < -0.4 is 5.32 Å². The van der Waals surface area contributed by atoms with Crippen molar-refractivity contribution in [2.24, 2.45) is 0 Å². The van der Waals surface area contributed by atoms with Crippen LogP contribution in [0.1, 0.15) is 18.0 Å². The van der Waals surface area contributed by atoms with Crippen molar-refractivity contribution in [3.05, 3.63) is 35.9 Å². The molecule has 1 aliphatic rings. The Morgan fingerprint density at radius 2 is 2.22 bits per heavy atom. The maximum Gasteiger partial charge on any atom is 0.249 e. The van der Waals surface area contributed by atoms with Crippen molar-refractivity contribution in [2.45, 2.75) is 12.5 Å². The average molecular weight is 248 g/mol. The predicted molar refractivity (Wildman–Crippen MR) is 70.3 cm³/mol. The third-order valence-corrected chi connectivity index (χ3v) is 3.24. The van der Waals surface area contributed by atoms with E-state index in [-0.39, 0.29) is 18.6 Å². The number of benzene rings is 1. The van der Waals surface area contributed by atoms with Crippen molar-refractivity contribution in [1.82, 2.24) is 10.2 Å². The second-order valence-electron chi connectivity index (χ2n) is 4.50. The van der Waals surface area contributed by atoms with Gasteiger partial charge >= 0.3 is 0 Å². The molecule has 4 nitrogen and oxygen atoms in total. The van der Waals surface area contributed by atoms with Crippen LogP contribution in [-0.4, -0.2) is 44.2 Å². The number of carbonyl (C=O) groups is 1. The fourth-order valence-electron chi connectivity index (χ4n) is 2.36. The molecule has 2 rings (SSSR count). The summed E-state index contributed by atoms with van der Waals surface area (Å²) >= 11 is 0. The maximum absolute atomic E-state index is 12.1. The molecule has 1 heterocycles. The fraction of sp³-hybridized carbons (Fsp3) is 0.500. The number of hydrogen-bond acceptors (Lipinski definition) is 3. The zero-order chi connectivity index (χ0) is 12.8. The lowest BCUT2D eigenvalue weighted by atomic mass is 10.1. The van der Waals surface area contributed by atoms with Gasteiger partial charge in [-0.2, -0.15) is 0 Å². The molecule has 1 aromatic rings. The molecular weight excluding hydrogens is 228 g/mol. The number of hydrogen-bond donors (Lipinski definition) is 1. The lowest BCUT2D eigenvalue weighted by Gasteiger charge is -2.30. The van der Waals surface area contributed by atoms with Gasteiger partial charge in [-0.15, -0.1) is 0 Å². The number of amides is 1. The van der Waals surface area contributed by atoms with E-state index in [4.69, 9.17) is 4.74 Å². The lowest BCUT2D eigenvalue weighted by Crippen LogP contribution is -2.39. The lowest BCUT2D eigenvalue weighted by molar-refractivity contribution is -0.137. The Bertz CT molecular complexity index is 381. The standard InChI is InChI=1S/C14H20N2O2/c1-18-11-14(17)16-9-5-8-15-10-13(16)12-6-3-2-4-7-12/h2-4,6-7,13,15H,5,8-11H2,1H3. The van der Waals surface area contributed by atoms with Crippen LogP contribution in [0.4, 0.5) is 0 Å². The normalized spacial score (nSPS) is 20.5. The first-order chi connectivity index (χ1) is 8.83. The number of methoxy groups -OCH3 is 1. The minimum Gasteiger partial charge on any atom is -0.375 e. The van der Waals surface area contributed by atoms with Crippen molar-refractivity contribution in [1.29, 1.82) is 0 Å². The van der Waals surface area contributed by atoms with Gasteiger partial charge in [-0.05, 0) is 18.5 Å². The molecule has 1 aromatic carbocycles. The largest absolute Gasteiger partial charge is 0.375 e. The Morgan fingerprint density at radius 3 is 2.94 bits per heavy atom. The third kappa shape index (κ3) is 3.09. The summed E-state index contributed by atoms with van der Waals surface area (Å²) in [6, 6.07) is 10.3. The summed E-state index contributed by atoms with van der Waals surface area (Å²) in [6.45, 7) is 2.71. The third-order valence-electron chi connectivity index (χ3n) is 3.24. The van der Waals surface area contributed by atoms with Gasteiger partial charge in [-0.3, -0.25) is 4.79 Å². The van der Waals surface area contributed by atoms with E-state index in [1.807, 2.05) is 23.1 Å². The van der Waals surface area contributed by atoms with E-state index in [1.54, 1.807) is 7.11 Å². The monoisotopic (exact) mass is 248 g/mol. The van der Waals surface area contributed by atoms with Crippen LogP contribution in [-0.2, 0) is 9.53 Å². The van der Waals surface area contributed by atoms with E-state index in [0.29, 0.717) is 0 Å². The first-order valence-corrected chi connectivity index (χ1v) is 6.37. The van der Waals surface area contributed by atoms with E-state index < -0.39 is 0 Å². The molecule has 1 atom stereocenters. The second-order valence-corrected chi connectivity index (χ2v) is 4.50. The number of nitrogens with one attached hydrogen (secondary N) is 1. The molecule has 0 aliphatic carbocycles. The summed E-state index contributed by atoms with van der Waals surface area (Å²) in [5.41, 5.74) is 1.18. The number of ether oxygens (including phenoxy) is 1. The number of carbonyl (C=O) groups excluding carboxylic acids is 1. The van der Waals surface area contributed by atoms with Gasteiger partial charge in [0.25, 0.3) is 0 Å². The molecule has 1 fully saturated rings. The molecule has 1 unspecified atom stereocenters. The van der Waals surface area contributed by atoms with Gasteiger partial charge < -0.3 is 15.0 Å². The summed E-state index contributed by atoms with van der Waals surface area (Å²) < 4.78 is 4.97. The molecule has 1 saturated heterocycles. The maximum atomic E-state index is 12.1. The molecule has 0 radical (unpaired) electrons. The molecular formula is C14H20N2O2. The molecule has 0 bridgehead atoms. The van der Waals surface area contributed by atoms with E-state index >= 15 is 0 Å². The number of nitrogens with zero attached hydrogens (tertiary/aromatic N) is 1. The van der Waals surface area contributed by atoms with E-state index in [2.05, 4.69) is 17.4 Å². The number of rotatable bonds is 3. The van der Waals surface area contributed by atoms with Crippen LogP contribution in [0.5, 0.6) is 0 Å². The summed E-state index contributed by atoms with van der Waals surface area (Å²) in [5.74, 6) is 0.0649. The van der Waals surface area contributed by atoms with Gasteiger partial charge in [0.05, 0.1) is 6.04 Å². The molecule has 0 aromatic heterocycles. The molecule has 1 aliphatic heterocycles. The SMILES string of the molecule is COCC(=O)N1CCCNCC1c1ccccc1. The van der Waals surface area contributed by atoms with E-state index in [9.17, 15) is 4.79 Å². The minimum atomic E-state index is 0.0649. The smallest absolute Gasteiger partial charge is 0.249 e. The highest BCUT2D eigenvalue weighted by atomic mass is 16.5. The summed E-state index contributed by atoms with van der Waals surface area (Å²) in [5, 5.41) is 3.39. The van der Waals surface area contributed by atoms with Crippen molar-refractivity contribution in [3.8, 4) is 0 Å². The zero-order valence-electron chi connectivity index (χ0n) is 10.8. The molecule has 0 spiro atoms. The first-order valence-electron chi connectivity index (χ1n) is 6.37. The van der Waals surface area contributed by atoms with Crippen LogP contribution in [0.15, 0.2) is 30.3 Å². The van der Waals surface area contributed by atoms with Crippen LogP contribution in [0.3, 0.4) is 0 Å². The van der Waals surface area contributed by atoms with Crippen LogP contribution in [0, 0.1) is 0 Å². The van der Waals surface area contributed by atoms with Gasteiger partial charge in [0, 0.05) is 20.2 Å². The minimum absolute atomic E-state index is 0.0649. The quantitative estimate of drug-likeness (QED) is 0.874. The highest BCUT2D eigenvalue weighted by Crippen LogP contribution is 2.22. The van der Waals surface area contributed by atoms with E-state index in [0.717, 1.165) is 26.1 Å². The molecule has 18 heavy (non-hydrogen) atoms. The Kier molecular flexibility index (Phi) is 4.73. The molecule has 0 saturated carbocycles. The molecule has 1 N–H and O–H groups in total. The van der Waals surface area contributed by atoms with E-state index in [1.165, 1.54) is 5.56 Å². The molecule has 98 valence electrons. The van der Waals surface area contributed by atoms with Crippen molar-refractivity contribution in [3.63, 3.8) is 0 Å². The Labute approximate surface area is 108 Å². The van der Waals surface area contributed by atoms with Gasteiger partial charge in [-0.25, -0.2) is 0 Å². The van der Waals surface area contributed by atoms with Gasteiger partial charge in [-0.1, -0.05) is 30.3 Å². The van der Waals surface area contributed by atoms with Gasteiger partial charge in [0.2, 0.25) is 5.91 Å². The highest BCUT2D eigenvalue weighted by molar-refractivity contribution is 5.78. The summed E-state index contributed by atoms with van der Waals surface area (Å²) in [4.78, 5) is 14.0. The summed E-state index contributed by atoms with van der Waals surface area (Å²) in [6.07, 6.45) is 0.985. The second kappa shape index (κ2) is 6.52. The summed E-state index contributed by atoms with van der Waals surface area (Å²) in [7, 11) is 1.56. The van der Waals surface area contributed by atoms with Gasteiger partial charge in [0.1, 0.15) is 6.61 Å². The van der Waals surface area contributed by atoms with Crippen LogP contribution >= 0.6 is 0 Å². The van der Waals surface area contributed by atoms with Crippen molar-refractivity contribution < 1.29 is 9.53 Å². The Balaban J connectivity index is 2.19. The molecule has 4 heteroatoms. The predicted octanol–water partition coefficient (Wildman–Crippen LogP) is 1.20.